The Balaban J connectivity index is 0.00000180. The molecule has 1 amide bonds. The lowest BCUT2D eigenvalue weighted by molar-refractivity contribution is -0.132. The summed E-state index contributed by atoms with van der Waals surface area (Å²) >= 11 is 0. The zero-order chi connectivity index (χ0) is 13.2. The maximum Gasteiger partial charge on any atom is 0.236 e. The topological polar surface area (TPSA) is 32.3 Å². The number of hydrogen-bond acceptors (Lipinski definition) is 2. The van der Waals surface area contributed by atoms with Gasteiger partial charge < -0.3 is 10.2 Å². The number of halogens is 1. The SMILES string of the molecule is CC(C)(C)C1CCN(C(=O)CNCC2CC2)CC1.Cl. The summed E-state index contributed by atoms with van der Waals surface area (Å²) in [6.45, 7) is 10.4. The highest BCUT2D eigenvalue weighted by atomic mass is 35.5. The molecule has 0 aromatic heterocycles. The first kappa shape index (κ1) is 16.8. The lowest BCUT2D eigenvalue weighted by atomic mass is 9.75. The molecular formula is C15H29ClN2O. The van der Waals surface area contributed by atoms with Crippen molar-refractivity contribution in [3.63, 3.8) is 0 Å². The lowest BCUT2D eigenvalue weighted by Crippen LogP contribution is -2.45. The summed E-state index contributed by atoms with van der Waals surface area (Å²) in [5.74, 6) is 1.91. The summed E-state index contributed by atoms with van der Waals surface area (Å²) in [7, 11) is 0. The van der Waals surface area contributed by atoms with Gasteiger partial charge in [-0.3, -0.25) is 4.79 Å². The van der Waals surface area contributed by atoms with Gasteiger partial charge in [0.25, 0.3) is 0 Å². The van der Waals surface area contributed by atoms with Gasteiger partial charge in [0.15, 0.2) is 0 Å². The van der Waals surface area contributed by atoms with Gasteiger partial charge in [0, 0.05) is 13.1 Å². The second-order valence-corrected chi connectivity index (χ2v) is 7.10. The van der Waals surface area contributed by atoms with Crippen LogP contribution in [0.3, 0.4) is 0 Å². The average molecular weight is 289 g/mol. The zero-order valence-electron chi connectivity index (χ0n) is 12.6. The number of nitrogens with one attached hydrogen (secondary N) is 1. The van der Waals surface area contributed by atoms with Crippen LogP contribution < -0.4 is 5.32 Å². The van der Waals surface area contributed by atoms with Crippen LogP contribution in [0, 0.1) is 17.3 Å². The molecule has 0 aromatic rings. The van der Waals surface area contributed by atoms with E-state index in [-0.39, 0.29) is 12.4 Å². The van der Waals surface area contributed by atoms with Crippen LogP contribution in [0.25, 0.3) is 0 Å². The molecule has 19 heavy (non-hydrogen) atoms. The Kier molecular flexibility index (Phi) is 6.13. The molecule has 1 saturated heterocycles. The first-order valence-corrected chi connectivity index (χ1v) is 7.45. The molecule has 0 bridgehead atoms. The van der Waals surface area contributed by atoms with Crippen LogP contribution in [-0.4, -0.2) is 37.0 Å². The molecule has 112 valence electrons. The highest BCUT2D eigenvalue weighted by Crippen LogP contribution is 2.34. The largest absolute Gasteiger partial charge is 0.342 e. The summed E-state index contributed by atoms with van der Waals surface area (Å²) in [5.41, 5.74) is 0.388. The Morgan fingerprint density at radius 3 is 2.21 bits per heavy atom. The molecule has 2 aliphatic rings. The van der Waals surface area contributed by atoms with E-state index in [1.165, 1.54) is 12.8 Å². The van der Waals surface area contributed by atoms with E-state index in [0.717, 1.165) is 44.3 Å². The highest BCUT2D eigenvalue weighted by Gasteiger charge is 2.30. The fraction of sp³-hybridized carbons (Fsp3) is 0.933. The van der Waals surface area contributed by atoms with Crippen molar-refractivity contribution in [1.82, 2.24) is 10.2 Å². The van der Waals surface area contributed by atoms with Crippen LogP contribution in [0.4, 0.5) is 0 Å². The van der Waals surface area contributed by atoms with Crippen molar-refractivity contribution in [2.45, 2.75) is 46.5 Å². The van der Waals surface area contributed by atoms with Crippen molar-refractivity contribution in [1.29, 1.82) is 0 Å². The van der Waals surface area contributed by atoms with Gasteiger partial charge in [-0.15, -0.1) is 12.4 Å². The standard InChI is InChI=1S/C15H28N2O.ClH/c1-15(2,3)13-6-8-17(9-7-13)14(18)11-16-10-12-4-5-12;/h12-13,16H,4-11H2,1-3H3;1H. The van der Waals surface area contributed by atoms with E-state index in [2.05, 4.69) is 26.1 Å². The number of rotatable bonds is 4. The Morgan fingerprint density at radius 1 is 1.16 bits per heavy atom. The van der Waals surface area contributed by atoms with Crippen LogP contribution in [0.2, 0.25) is 0 Å². The molecule has 0 aromatic carbocycles. The quantitative estimate of drug-likeness (QED) is 0.863. The average Bonchev–Trinajstić information content (AvgIpc) is 3.12. The number of hydrogen-bond donors (Lipinski definition) is 1. The van der Waals surface area contributed by atoms with Crippen molar-refractivity contribution < 1.29 is 4.79 Å². The molecule has 0 radical (unpaired) electrons. The first-order chi connectivity index (χ1) is 8.47. The van der Waals surface area contributed by atoms with Gasteiger partial charge in [0.05, 0.1) is 6.54 Å². The van der Waals surface area contributed by atoms with Crippen LogP contribution in [-0.2, 0) is 4.79 Å². The number of carbonyl (C=O) groups excluding carboxylic acids is 1. The van der Waals surface area contributed by atoms with Crippen LogP contribution >= 0.6 is 12.4 Å². The monoisotopic (exact) mass is 288 g/mol. The minimum atomic E-state index is 0. The first-order valence-electron chi connectivity index (χ1n) is 7.45. The molecule has 0 atom stereocenters. The predicted octanol–water partition coefficient (Wildman–Crippen LogP) is 2.69. The van der Waals surface area contributed by atoms with Gasteiger partial charge in [0.1, 0.15) is 0 Å². The van der Waals surface area contributed by atoms with E-state index in [1.54, 1.807) is 0 Å². The molecule has 2 rings (SSSR count). The van der Waals surface area contributed by atoms with Crippen LogP contribution in [0.5, 0.6) is 0 Å². The molecule has 4 heteroatoms. The number of likely N-dealkylation sites (tertiary alicyclic amines) is 1. The smallest absolute Gasteiger partial charge is 0.236 e. The molecular weight excluding hydrogens is 260 g/mol. The van der Waals surface area contributed by atoms with Gasteiger partial charge >= 0.3 is 0 Å². The number of carbonyl (C=O) groups is 1. The molecule has 1 heterocycles. The molecule has 1 aliphatic carbocycles. The molecule has 0 spiro atoms. The molecule has 2 fully saturated rings. The van der Waals surface area contributed by atoms with E-state index in [9.17, 15) is 4.79 Å². The maximum absolute atomic E-state index is 12.0. The predicted molar refractivity (Wildman–Crippen MR) is 81.6 cm³/mol. The molecule has 1 N–H and O–H groups in total. The number of amides is 1. The number of nitrogens with zero attached hydrogens (tertiary/aromatic N) is 1. The summed E-state index contributed by atoms with van der Waals surface area (Å²) in [4.78, 5) is 14.1. The second-order valence-electron chi connectivity index (χ2n) is 7.10. The molecule has 0 unspecified atom stereocenters. The van der Waals surface area contributed by atoms with Gasteiger partial charge in [0.2, 0.25) is 5.91 Å². The van der Waals surface area contributed by atoms with E-state index < -0.39 is 0 Å². The Hall–Kier alpha value is -0.280. The Bertz CT molecular complexity index is 289. The lowest BCUT2D eigenvalue weighted by Gasteiger charge is -2.38. The third kappa shape index (κ3) is 5.31. The summed E-state index contributed by atoms with van der Waals surface area (Å²) in [6, 6.07) is 0. The minimum absolute atomic E-state index is 0. The van der Waals surface area contributed by atoms with Crippen molar-refractivity contribution >= 4 is 18.3 Å². The van der Waals surface area contributed by atoms with Gasteiger partial charge in [-0.25, -0.2) is 0 Å². The zero-order valence-corrected chi connectivity index (χ0v) is 13.4. The molecule has 3 nitrogen and oxygen atoms in total. The second kappa shape index (κ2) is 6.94. The number of piperidine rings is 1. The Labute approximate surface area is 123 Å². The molecule has 1 aliphatic heterocycles. The normalized spacial score (nSPS) is 21.1. The van der Waals surface area contributed by atoms with E-state index in [4.69, 9.17) is 0 Å². The van der Waals surface area contributed by atoms with Gasteiger partial charge in [-0.05, 0) is 49.5 Å². The fourth-order valence-electron chi connectivity index (χ4n) is 2.81. The van der Waals surface area contributed by atoms with Gasteiger partial charge in [-0.1, -0.05) is 20.8 Å². The van der Waals surface area contributed by atoms with Crippen molar-refractivity contribution in [2.75, 3.05) is 26.2 Å². The van der Waals surface area contributed by atoms with E-state index >= 15 is 0 Å². The van der Waals surface area contributed by atoms with Crippen LogP contribution in [0.1, 0.15) is 46.5 Å². The van der Waals surface area contributed by atoms with Crippen molar-refractivity contribution in [3.8, 4) is 0 Å². The molecule has 1 saturated carbocycles. The summed E-state index contributed by atoms with van der Waals surface area (Å²) in [5, 5.41) is 3.29. The third-order valence-electron chi connectivity index (χ3n) is 4.48. The minimum Gasteiger partial charge on any atom is -0.342 e. The summed E-state index contributed by atoms with van der Waals surface area (Å²) in [6.07, 6.45) is 5.02. The fourth-order valence-corrected chi connectivity index (χ4v) is 2.81. The Morgan fingerprint density at radius 2 is 1.74 bits per heavy atom. The van der Waals surface area contributed by atoms with Crippen LogP contribution in [0.15, 0.2) is 0 Å². The van der Waals surface area contributed by atoms with E-state index in [1.807, 2.05) is 4.90 Å². The van der Waals surface area contributed by atoms with Crippen molar-refractivity contribution in [3.05, 3.63) is 0 Å². The highest BCUT2D eigenvalue weighted by molar-refractivity contribution is 5.85. The van der Waals surface area contributed by atoms with E-state index in [0.29, 0.717) is 17.9 Å². The summed E-state index contributed by atoms with van der Waals surface area (Å²) < 4.78 is 0. The third-order valence-corrected chi connectivity index (χ3v) is 4.48. The maximum atomic E-state index is 12.0. The van der Waals surface area contributed by atoms with Crippen molar-refractivity contribution in [2.24, 2.45) is 17.3 Å². The van der Waals surface area contributed by atoms with Gasteiger partial charge in [-0.2, -0.15) is 0 Å².